The molecule has 3 heteroatoms. The molecule has 0 bridgehead atoms. The number of pyridine rings is 1. The van der Waals surface area contributed by atoms with Gasteiger partial charge >= 0.3 is 0 Å². The van der Waals surface area contributed by atoms with Crippen molar-refractivity contribution in [3.05, 3.63) is 17.8 Å². The number of ether oxygens (including phenoxy) is 1. The van der Waals surface area contributed by atoms with E-state index < -0.39 is 0 Å². The first-order valence-electron chi connectivity index (χ1n) is 6.59. The summed E-state index contributed by atoms with van der Waals surface area (Å²) in [6, 6.07) is 1.94. The fourth-order valence-corrected chi connectivity index (χ4v) is 2.56. The molecule has 0 aliphatic heterocycles. The lowest BCUT2D eigenvalue weighted by atomic mass is 9.85. The zero-order chi connectivity index (χ0) is 12.3. The molecule has 0 amide bonds. The maximum atomic E-state index is 6.03. The summed E-state index contributed by atoms with van der Waals surface area (Å²) in [5, 5.41) is 0. The molecule has 0 saturated heterocycles. The van der Waals surface area contributed by atoms with Crippen molar-refractivity contribution in [2.45, 2.75) is 52.1 Å². The number of nitrogens with two attached hydrogens (primary N) is 1. The van der Waals surface area contributed by atoms with E-state index in [2.05, 4.69) is 11.9 Å². The fourth-order valence-electron chi connectivity index (χ4n) is 2.56. The number of rotatable bonds is 3. The fraction of sp³-hybridized carbons (Fsp3) is 0.643. The van der Waals surface area contributed by atoms with Crippen molar-refractivity contribution in [1.82, 2.24) is 4.98 Å². The van der Waals surface area contributed by atoms with Crippen LogP contribution in [0.2, 0.25) is 0 Å². The van der Waals surface area contributed by atoms with Crippen LogP contribution in [-0.4, -0.2) is 11.1 Å². The largest absolute Gasteiger partial charge is 0.474 e. The summed E-state index contributed by atoms with van der Waals surface area (Å²) in [4.78, 5) is 4.25. The zero-order valence-electron chi connectivity index (χ0n) is 10.8. The predicted molar refractivity (Wildman–Crippen MR) is 70.1 cm³/mol. The first kappa shape index (κ1) is 12.2. The van der Waals surface area contributed by atoms with Gasteiger partial charge in [-0.25, -0.2) is 4.98 Å². The Morgan fingerprint density at radius 1 is 1.41 bits per heavy atom. The molecule has 1 aliphatic carbocycles. The minimum absolute atomic E-state index is 0.337. The lowest BCUT2D eigenvalue weighted by Crippen LogP contribution is -2.30. The molecule has 17 heavy (non-hydrogen) atoms. The van der Waals surface area contributed by atoms with Crippen LogP contribution in [0.5, 0.6) is 5.88 Å². The average molecular weight is 234 g/mol. The van der Waals surface area contributed by atoms with Crippen LogP contribution >= 0.6 is 0 Å². The molecule has 2 atom stereocenters. The molecule has 3 nitrogen and oxygen atoms in total. The highest BCUT2D eigenvalue weighted by molar-refractivity contribution is 5.45. The third-order valence-electron chi connectivity index (χ3n) is 3.76. The normalized spacial score (nSPS) is 24.6. The van der Waals surface area contributed by atoms with Gasteiger partial charge in [-0.1, -0.05) is 13.3 Å². The molecule has 2 rings (SSSR count). The van der Waals surface area contributed by atoms with Crippen LogP contribution in [0.3, 0.4) is 0 Å². The number of hydrogen-bond donors (Lipinski definition) is 1. The Morgan fingerprint density at radius 3 is 2.88 bits per heavy atom. The minimum Gasteiger partial charge on any atom is -0.474 e. The molecular weight excluding hydrogens is 212 g/mol. The van der Waals surface area contributed by atoms with Crippen molar-refractivity contribution < 1.29 is 4.74 Å². The maximum Gasteiger partial charge on any atom is 0.213 e. The van der Waals surface area contributed by atoms with Crippen molar-refractivity contribution in [1.29, 1.82) is 0 Å². The van der Waals surface area contributed by atoms with Gasteiger partial charge < -0.3 is 10.5 Å². The van der Waals surface area contributed by atoms with Crippen molar-refractivity contribution in [3.63, 3.8) is 0 Å². The highest BCUT2D eigenvalue weighted by atomic mass is 16.5. The Hall–Kier alpha value is -1.25. The van der Waals surface area contributed by atoms with E-state index in [1.807, 2.05) is 13.0 Å². The van der Waals surface area contributed by atoms with E-state index in [0.717, 1.165) is 23.6 Å². The first-order valence-corrected chi connectivity index (χ1v) is 6.59. The van der Waals surface area contributed by atoms with Crippen LogP contribution in [-0.2, 0) is 0 Å². The number of hydrogen-bond acceptors (Lipinski definition) is 3. The number of anilines is 1. The quantitative estimate of drug-likeness (QED) is 0.872. The zero-order valence-corrected chi connectivity index (χ0v) is 10.8. The van der Waals surface area contributed by atoms with E-state index in [1.54, 1.807) is 6.20 Å². The molecule has 94 valence electrons. The van der Waals surface area contributed by atoms with Crippen molar-refractivity contribution >= 4 is 5.69 Å². The van der Waals surface area contributed by atoms with Gasteiger partial charge in [0, 0.05) is 6.07 Å². The second-order valence-electron chi connectivity index (χ2n) is 4.99. The van der Waals surface area contributed by atoms with Gasteiger partial charge in [0.2, 0.25) is 5.88 Å². The molecular formula is C14H22N2O. The third kappa shape index (κ3) is 2.90. The second kappa shape index (κ2) is 5.39. The molecule has 1 aromatic rings. The van der Waals surface area contributed by atoms with Gasteiger partial charge in [0.15, 0.2) is 0 Å². The van der Waals surface area contributed by atoms with Crippen LogP contribution in [0.15, 0.2) is 12.3 Å². The van der Waals surface area contributed by atoms with E-state index in [1.165, 1.54) is 25.7 Å². The number of nitrogen functional groups attached to an aromatic ring is 1. The van der Waals surface area contributed by atoms with E-state index in [-0.39, 0.29) is 0 Å². The third-order valence-corrected chi connectivity index (χ3v) is 3.76. The summed E-state index contributed by atoms with van der Waals surface area (Å²) in [6.07, 6.45) is 8.28. The molecule has 1 heterocycles. The van der Waals surface area contributed by atoms with Gasteiger partial charge in [-0.05, 0) is 44.1 Å². The van der Waals surface area contributed by atoms with Crippen LogP contribution < -0.4 is 10.5 Å². The highest BCUT2D eigenvalue weighted by Crippen LogP contribution is 2.30. The van der Waals surface area contributed by atoms with E-state index >= 15 is 0 Å². The summed E-state index contributed by atoms with van der Waals surface area (Å²) in [5.74, 6) is 1.41. The van der Waals surface area contributed by atoms with Crippen LogP contribution in [0, 0.1) is 12.8 Å². The van der Waals surface area contributed by atoms with Gasteiger partial charge in [-0.3, -0.25) is 0 Å². The van der Waals surface area contributed by atoms with Gasteiger partial charge in [-0.2, -0.15) is 0 Å². The molecule has 0 aromatic carbocycles. The predicted octanol–water partition coefficient (Wildman–Crippen LogP) is 3.32. The Bertz CT molecular complexity index is 378. The van der Waals surface area contributed by atoms with Gasteiger partial charge in [0.05, 0.1) is 11.9 Å². The molecule has 1 saturated carbocycles. The minimum atomic E-state index is 0.337. The molecule has 1 fully saturated rings. The van der Waals surface area contributed by atoms with E-state index in [0.29, 0.717) is 12.0 Å². The molecule has 0 radical (unpaired) electrons. The standard InChI is InChI=1S/C14H22N2O/c1-3-11-6-4-5-7-13(11)17-14-8-10(2)12(15)9-16-14/h8-9,11,13H,3-7,15H2,1-2H3. The molecule has 2 N–H and O–H groups in total. The average Bonchev–Trinajstić information content (AvgIpc) is 2.34. The summed E-state index contributed by atoms with van der Waals surface area (Å²) in [7, 11) is 0. The molecule has 1 aromatic heterocycles. The SMILES string of the molecule is CCC1CCCCC1Oc1cc(C)c(N)cn1. The molecule has 1 aliphatic rings. The molecule has 2 unspecified atom stereocenters. The van der Waals surface area contributed by atoms with Crippen LogP contribution in [0.25, 0.3) is 0 Å². The highest BCUT2D eigenvalue weighted by Gasteiger charge is 2.25. The van der Waals surface area contributed by atoms with Crippen molar-refractivity contribution in [3.8, 4) is 5.88 Å². The summed E-state index contributed by atoms with van der Waals surface area (Å²) >= 11 is 0. The van der Waals surface area contributed by atoms with E-state index in [9.17, 15) is 0 Å². The number of nitrogens with zero attached hydrogens (tertiary/aromatic N) is 1. The summed E-state index contributed by atoms with van der Waals surface area (Å²) in [6.45, 7) is 4.23. The monoisotopic (exact) mass is 234 g/mol. The Labute approximate surface area is 103 Å². The van der Waals surface area contributed by atoms with Crippen molar-refractivity contribution in [2.24, 2.45) is 5.92 Å². The van der Waals surface area contributed by atoms with Crippen LogP contribution in [0.1, 0.15) is 44.6 Å². The molecule has 0 spiro atoms. The van der Waals surface area contributed by atoms with Gasteiger partial charge in [-0.15, -0.1) is 0 Å². The smallest absolute Gasteiger partial charge is 0.213 e. The van der Waals surface area contributed by atoms with E-state index in [4.69, 9.17) is 10.5 Å². The lowest BCUT2D eigenvalue weighted by Gasteiger charge is -2.30. The second-order valence-corrected chi connectivity index (χ2v) is 4.99. The summed E-state index contributed by atoms with van der Waals surface area (Å²) < 4.78 is 6.03. The van der Waals surface area contributed by atoms with Gasteiger partial charge in [0.25, 0.3) is 0 Å². The number of aryl methyl sites for hydroxylation is 1. The Balaban J connectivity index is 2.05. The van der Waals surface area contributed by atoms with Gasteiger partial charge in [0.1, 0.15) is 6.10 Å². The van der Waals surface area contributed by atoms with Crippen molar-refractivity contribution in [2.75, 3.05) is 5.73 Å². The Kier molecular flexibility index (Phi) is 3.87. The van der Waals surface area contributed by atoms with Crippen LogP contribution in [0.4, 0.5) is 5.69 Å². The topological polar surface area (TPSA) is 48.1 Å². The number of aromatic nitrogens is 1. The Morgan fingerprint density at radius 2 is 2.18 bits per heavy atom. The summed E-state index contributed by atoms with van der Waals surface area (Å²) in [5.41, 5.74) is 7.53. The lowest BCUT2D eigenvalue weighted by molar-refractivity contribution is 0.0858. The first-order chi connectivity index (χ1) is 8.20. The maximum absolute atomic E-state index is 6.03.